The van der Waals surface area contributed by atoms with E-state index >= 15 is 0 Å². The van der Waals surface area contributed by atoms with Crippen molar-refractivity contribution in [1.29, 1.82) is 0 Å². The normalized spacial score (nSPS) is 15.2. The van der Waals surface area contributed by atoms with Crippen LogP contribution in [0.2, 0.25) is 0 Å². The van der Waals surface area contributed by atoms with Crippen molar-refractivity contribution in [2.45, 2.75) is 66.0 Å². The van der Waals surface area contributed by atoms with Crippen molar-refractivity contribution >= 4 is 23.2 Å². The highest BCUT2D eigenvalue weighted by Crippen LogP contribution is 2.30. The molecule has 5 nitrogen and oxygen atoms in total. The molecule has 0 aliphatic heterocycles. The summed E-state index contributed by atoms with van der Waals surface area (Å²) in [6.07, 6.45) is 3.61. The van der Waals surface area contributed by atoms with Gasteiger partial charge in [-0.05, 0) is 49.4 Å². The van der Waals surface area contributed by atoms with E-state index in [1.54, 1.807) is 0 Å². The van der Waals surface area contributed by atoms with E-state index in [0.717, 1.165) is 36.2 Å². The monoisotopic (exact) mass is 373 g/mol. The lowest BCUT2D eigenvalue weighted by Crippen LogP contribution is -2.40. The zero-order valence-electron chi connectivity index (χ0n) is 17.7. The number of hydrogen-bond donors (Lipinski definition) is 1. The second-order valence-electron chi connectivity index (χ2n) is 8.21. The van der Waals surface area contributed by atoms with E-state index < -0.39 is 0 Å². The van der Waals surface area contributed by atoms with Crippen LogP contribution in [0.15, 0.2) is 18.2 Å². The van der Waals surface area contributed by atoms with Gasteiger partial charge in [0.1, 0.15) is 0 Å². The van der Waals surface area contributed by atoms with Gasteiger partial charge >= 0.3 is 0 Å². The molecule has 150 valence electrons. The quantitative estimate of drug-likeness (QED) is 0.740. The minimum absolute atomic E-state index is 0.113. The summed E-state index contributed by atoms with van der Waals surface area (Å²) >= 11 is 0. The molecule has 0 radical (unpaired) electrons. The molecule has 0 aromatic heterocycles. The molecule has 1 aromatic rings. The Morgan fingerprint density at radius 1 is 1.19 bits per heavy atom. The topological polar surface area (TPSA) is 52.7 Å². The van der Waals surface area contributed by atoms with Gasteiger partial charge in [-0.3, -0.25) is 9.59 Å². The molecule has 5 heteroatoms. The summed E-state index contributed by atoms with van der Waals surface area (Å²) in [4.78, 5) is 28.9. The Balaban J connectivity index is 2.28. The molecule has 0 unspecified atom stereocenters. The van der Waals surface area contributed by atoms with Crippen LogP contribution in [0.25, 0.3) is 0 Å². The molecule has 1 fully saturated rings. The van der Waals surface area contributed by atoms with Crippen molar-refractivity contribution < 1.29 is 9.59 Å². The van der Waals surface area contributed by atoms with Gasteiger partial charge in [0.15, 0.2) is 0 Å². The smallest absolute Gasteiger partial charge is 0.227 e. The molecule has 1 aromatic carbocycles. The van der Waals surface area contributed by atoms with Crippen molar-refractivity contribution in [2.24, 2.45) is 11.8 Å². The molecule has 1 N–H and O–H groups in total. The third kappa shape index (κ3) is 5.24. The minimum atomic E-state index is 0.113. The first-order chi connectivity index (χ1) is 12.7. The lowest BCUT2D eigenvalue weighted by Gasteiger charge is -2.33. The van der Waals surface area contributed by atoms with Gasteiger partial charge in [0.25, 0.3) is 0 Å². The second kappa shape index (κ2) is 9.25. The molecule has 1 aliphatic carbocycles. The maximum Gasteiger partial charge on any atom is 0.227 e. The van der Waals surface area contributed by atoms with E-state index in [1.807, 2.05) is 44.1 Å². The van der Waals surface area contributed by atoms with Crippen LogP contribution in [-0.2, 0) is 16.1 Å². The van der Waals surface area contributed by atoms with E-state index in [4.69, 9.17) is 0 Å². The Kier molecular flexibility index (Phi) is 7.28. The Labute approximate surface area is 164 Å². The molecule has 0 spiro atoms. The first-order valence-electron chi connectivity index (χ1n) is 10.1. The number of hydrogen-bond acceptors (Lipinski definition) is 3. The highest BCUT2D eigenvalue weighted by atomic mass is 16.2. The molecule has 1 atom stereocenters. The van der Waals surface area contributed by atoms with Crippen LogP contribution in [0.4, 0.5) is 11.4 Å². The van der Waals surface area contributed by atoms with Crippen LogP contribution in [-0.4, -0.2) is 36.9 Å². The van der Waals surface area contributed by atoms with E-state index in [1.165, 1.54) is 0 Å². The van der Waals surface area contributed by atoms with E-state index in [2.05, 4.69) is 31.0 Å². The van der Waals surface area contributed by atoms with Gasteiger partial charge in [-0.1, -0.05) is 27.2 Å². The largest absolute Gasteiger partial charge is 0.377 e. The van der Waals surface area contributed by atoms with Crippen molar-refractivity contribution in [2.75, 3.05) is 24.3 Å². The van der Waals surface area contributed by atoms with Crippen molar-refractivity contribution in [3.05, 3.63) is 23.8 Å². The van der Waals surface area contributed by atoms with Crippen LogP contribution in [0.1, 0.15) is 58.9 Å². The molecule has 1 saturated carbocycles. The Bertz CT molecular complexity index is 666. The lowest BCUT2D eigenvalue weighted by atomic mass is 9.85. The van der Waals surface area contributed by atoms with E-state index in [9.17, 15) is 9.59 Å². The summed E-state index contributed by atoms with van der Waals surface area (Å²) in [5.41, 5.74) is 2.94. The van der Waals surface area contributed by atoms with Gasteiger partial charge in [0.2, 0.25) is 11.8 Å². The highest BCUT2D eigenvalue weighted by molar-refractivity contribution is 5.93. The SMILES string of the molecule is CCC(=O)N(Cc1cc(NC(=O)C2CCC2)ccc1N(C)C)[C@@H](C)C(C)C. The van der Waals surface area contributed by atoms with Crippen molar-refractivity contribution in [3.8, 4) is 0 Å². The van der Waals surface area contributed by atoms with Crippen LogP contribution in [0, 0.1) is 11.8 Å². The number of nitrogens with zero attached hydrogens (tertiary/aromatic N) is 2. The zero-order valence-corrected chi connectivity index (χ0v) is 17.7. The Hall–Kier alpha value is -2.04. The van der Waals surface area contributed by atoms with Gasteiger partial charge in [-0.25, -0.2) is 0 Å². The summed E-state index contributed by atoms with van der Waals surface area (Å²) in [5, 5.41) is 3.06. The number of amides is 2. The van der Waals surface area contributed by atoms with Crippen LogP contribution >= 0.6 is 0 Å². The third-order valence-electron chi connectivity index (χ3n) is 5.72. The fourth-order valence-corrected chi connectivity index (χ4v) is 3.35. The number of carbonyl (C=O) groups is 2. The molecule has 2 rings (SSSR count). The average Bonchev–Trinajstić information content (AvgIpc) is 2.56. The van der Waals surface area contributed by atoms with Gasteiger partial charge < -0.3 is 15.1 Å². The fourth-order valence-electron chi connectivity index (χ4n) is 3.35. The van der Waals surface area contributed by atoms with Gasteiger partial charge in [0, 0.05) is 50.4 Å². The van der Waals surface area contributed by atoms with Crippen molar-refractivity contribution in [1.82, 2.24) is 4.90 Å². The van der Waals surface area contributed by atoms with Gasteiger partial charge in [0.05, 0.1) is 0 Å². The predicted octanol–water partition coefficient (Wildman–Crippen LogP) is 4.27. The molecule has 2 amide bonds. The molecule has 1 aliphatic rings. The van der Waals surface area contributed by atoms with E-state index in [0.29, 0.717) is 18.9 Å². The van der Waals surface area contributed by atoms with Gasteiger partial charge in [-0.2, -0.15) is 0 Å². The fraction of sp³-hybridized carbons (Fsp3) is 0.636. The highest BCUT2D eigenvalue weighted by Gasteiger charge is 2.26. The van der Waals surface area contributed by atoms with Crippen LogP contribution in [0.5, 0.6) is 0 Å². The maximum absolute atomic E-state index is 12.6. The first kappa shape index (κ1) is 21.3. The molecule has 0 heterocycles. The Morgan fingerprint density at radius 3 is 2.33 bits per heavy atom. The number of benzene rings is 1. The number of carbonyl (C=O) groups excluding carboxylic acids is 2. The summed E-state index contributed by atoms with van der Waals surface area (Å²) in [6.45, 7) is 8.85. The molecule has 27 heavy (non-hydrogen) atoms. The summed E-state index contributed by atoms with van der Waals surface area (Å²) in [6, 6.07) is 6.16. The average molecular weight is 374 g/mol. The Morgan fingerprint density at radius 2 is 1.85 bits per heavy atom. The maximum atomic E-state index is 12.6. The molecular weight excluding hydrogens is 338 g/mol. The van der Waals surface area contributed by atoms with Crippen LogP contribution < -0.4 is 10.2 Å². The van der Waals surface area contributed by atoms with E-state index in [-0.39, 0.29) is 23.8 Å². The minimum Gasteiger partial charge on any atom is -0.377 e. The molecule has 0 saturated heterocycles. The standard InChI is InChI=1S/C22H35N3O2/c1-7-21(26)25(16(4)15(2)3)14-18-13-19(11-12-20(18)24(5)6)23-22(27)17-9-8-10-17/h11-13,15-17H,7-10,14H2,1-6H3,(H,23,27)/t16-/m0/s1. The number of nitrogens with one attached hydrogen (secondary N) is 1. The van der Waals surface area contributed by atoms with Crippen molar-refractivity contribution in [3.63, 3.8) is 0 Å². The predicted molar refractivity (Wildman–Crippen MR) is 112 cm³/mol. The molecule has 0 bridgehead atoms. The summed E-state index contributed by atoms with van der Waals surface area (Å²) in [5.74, 6) is 0.803. The second-order valence-corrected chi connectivity index (χ2v) is 8.21. The van der Waals surface area contributed by atoms with Gasteiger partial charge in [-0.15, -0.1) is 0 Å². The number of anilines is 2. The van der Waals surface area contributed by atoms with Crippen LogP contribution in [0.3, 0.4) is 0 Å². The zero-order chi connectivity index (χ0) is 20.1. The lowest BCUT2D eigenvalue weighted by molar-refractivity contribution is -0.134. The molecular formula is C22H35N3O2. The number of rotatable bonds is 8. The summed E-state index contributed by atoms with van der Waals surface area (Å²) < 4.78 is 0. The third-order valence-corrected chi connectivity index (χ3v) is 5.72. The summed E-state index contributed by atoms with van der Waals surface area (Å²) in [7, 11) is 4.01. The first-order valence-corrected chi connectivity index (χ1v) is 10.1.